The highest BCUT2D eigenvalue weighted by molar-refractivity contribution is 7.92. The zero-order valence-corrected chi connectivity index (χ0v) is 20.8. The molecule has 0 aliphatic heterocycles. The number of rotatable bonds is 8. The van der Waals surface area contributed by atoms with Crippen LogP contribution in [0.5, 0.6) is 5.75 Å². The summed E-state index contributed by atoms with van der Waals surface area (Å²) in [6, 6.07) is 28.1. The van der Waals surface area contributed by atoms with E-state index < -0.39 is 10.0 Å². The molecule has 0 heterocycles. The molecule has 0 radical (unpaired) electrons. The van der Waals surface area contributed by atoms with E-state index in [1.165, 1.54) is 0 Å². The number of aryl methyl sites for hydroxylation is 3. The normalized spacial score (nSPS) is 11.5. The van der Waals surface area contributed by atoms with Crippen molar-refractivity contribution in [3.63, 3.8) is 0 Å². The highest BCUT2D eigenvalue weighted by Gasteiger charge is 2.16. The Bertz CT molecular complexity index is 1420. The van der Waals surface area contributed by atoms with Crippen LogP contribution in [-0.4, -0.2) is 14.6 Å². The Morgan fingerprint density at radius 3 is 2.20 bits per heavy atom. The summed E-state index contributed by atoms with van der Waals surface area (Å²) in [5.41, 5.74) is 6.14. The van der Waals surface area contributed by atoms with E-state index in [0.717, 1.165) is 33.6 Å². The smallest absolute Gasteiger partial charge is 0.261 e. The molecule has 0 saturated carbocycles. The summed E-state index contributed by atoms with van der Waals surface area (Å²) in [7, 11) is -3.71. The molecule has 0 aliphatic rings. The van der Waals surface area contributed by atoms with Crippen molar-refractivity contribution in [1.82, 2.24) is 0 Å². The third-order valence-electron chi connectivity index (χ3n) is 5.53. The number of sulfonamides is 1. The summed E-state index contributed by atoms with van der Waals surface area (Å²) in [5.74, 6) is 0.756. The lowest BCUT2D eigenvalue weighted by atomic mass is 10.1. The molecule has 4 aromatic rings. The van der Waals surface area contributed by atoms with E-state index in [4.69, 9.17) is 4.74 Å². The van der Waals surface area contributed by atoms with Gasteiger partial charge < -0.3 is 4.74 Å². The summed E-state index contributed by atoms with van der Waals surface area (Å²) < 4.78 is 34.4. The number of nitrogens with zero attached hydrogens (tertiary/aromatic N) is 1. The minimum absolute atomic E-state index is 0.187. The Balaban J connectivity index is 1.43. The molecule has 0 aromatic heterocycles. The van der Waals surface area contributed by atoms with Crippen LogP contribution in [-0.2, 0) is 16.6 Å². The SMILES string of the molecule is Cc1cc(C)c(NS(=O)(=O)c2ccc(N=Cc3cccc(OCc4ccccc4)c3)cc2)c(C)c1. The fourth-order valence-electron chi connectivity index (χ4n) is 3.82. The van der Waals surface area contributed by atoms with Crippen molar-refractivity contribution in [3.8, 4) is 5.75 Å². The van der Waals surface area contributed by atoms with Crippen LogP contribution >= 0.6 is 0 Å². The van der Waals surface area contributed by atoms with Crippen molar-refractivity contribution in [2.45, 2.75) is 32.3 Å². The van der Waals surface area contributed by atoms with E-state index in [9.17, 15) is 8.42 Å². The van der Waals surface area contributed by atoms with Gasteiger partial charge in [-0.3, -0.25) is 9.71 Å². The zero-order valence-electron chi connectivity index (χ0n) is 20.0. The van der Waals surface area contributed by atoms with Crippen molar-refractivity contribution in [1.29, 1.82) is 0 Å². The first-order valence-corrected chi connectivity index (χ1v) is 12.8. The molecule has 0 spiro atoms. The standard InChI is InChI=1S/C29H28N2O3S/c1-21-16-22(2)29(23(3)17-21)31-35(32,33)28-14-12-26(13-15-28)30-19-25-10-7-11-27(18-25)34-20-24-8-5-4-6-9-24/h4-19,31H,20H2,1-3H3. The van der Waals surface area contributed by atoms with E-state index in [1.54, 1.807) is 30.5 Å². The van der Waals surface area contributed by atoms with Gasteiger partial charge in [-0.1, -0.05) is 60.2 Å². The fraction of sp³-hybridized carbons (Fsp3) is 0.138. The minimum Gasteiger partial charge on any atom is -0.489 e. The molecule has 0 fully saturated rings. The topological polar surface area (TPSA) is 67.8 Å². The lowest BCUT2D eigenvalue weighted by Crippen LogP contribution is -2.14. The van der Waals surface area contributed by atoms with Crippen LogP contribution in [0.3, 0.4) is 0 Å². The molecule has 5 nitrogen and oxygen atoms in total. The number of aliphatic imine (C=N–C) groups is 1. The van der Waals surface area contributed by atoms with Gasteiger partial charge in [0.1, 0.15) is 12.4 Å². The molecule has 0 aliphatic carbocycles. The highest BCUT2D eigenvalue weighted by Crippen LogP contribution is 2.26. The maximum absolute atomic E-state index is 12.9. The summed E-state index contributed by atoms with van der Waals surface area (Å²) in [6.45, 7) is 6.29. The van der Waals surface area contributed by atoms with Crippen molar-refractivity contribution in [2.75, 3.05) is 4.72 Å². The van der Waals surface area contributed by atoms with Gasteiger partial charge in [0.05, 0.1) is 16.3 Å². The number of benzene rings is 4. The zero-order chi connectivity index (χ0) is 24.8. The predicted octanol–water partition coefficient (Wildman–Crippen LogP) is 6.74. The second-order valence-electron chi connectivity index (χ2n) is 8.48. The van der Waals surface area contributed by atoms with E-state index in [0.29, 0.717) is 18.0 Å². The molecule has 4 aromatic carbocycles. The van der Waals surface area contributed by atoms with Gasteiger partial charge in [-0.15, -0.1) is 0 Å². The van der Waals surface area contributed by atoms with Crippen LogP contribution in [0.15, 0.2) is 101 Å². The molecule has 0 atom stereocenters. The summed E-state index contributed by atoms with van der Waals surface area (Å²) in [5, 5.41) is 0. The molecule has 4 rings (SSSR count). The van der Waals surface area contributed by atoms with Crippen molar-refractivity contribution in [2.24, 2.45) is 4.99 Å². The second-order valence-corrected chi connectivity index (χ2v) is 10.2. The quantitative estimate of drug-likeness (QED) is 0.282. The Kier molecular flexibility index (Phi) is 7.32. The van der Waals surface area contributed by atoms with Gasteiger partial charge in [-0.2, -0.15) is 0 Å². The highest BCUT2D eigenvalue weighted by atomic mass is 32.2. The number of ether oxygens (including phenoxy) is 1. The summed E-state index contributed by atoms with van der Waals surface area (Å²) in [6.07, 6.45) is 1.73. The Morgan fingerprint density at radius 1 is 0.829 bits per heavy atom. The molecule has 0 saturated heterocycles. The van der Waals surface area contributed by atoms with Crippen LogP contribution in [0.1, 0.15) is 27.8 Å². The maximum Gasteiger partial charge on any atom is 0.261 e. The van der Waals surface area contributed by atoms with Gasteiger partial charge in [0.2, 0.25) is 0 Å². The van der Waals surface area contributed by atoms with Gasteiger partial charge in [-0.05, 0) is 79.4 Å². The number of anilines is 1. The summed E-state index contributed by atoms with van der Waals surface area (Å²) in [4.78, 5) is 4.67. The molecule has 178 valence electrons. The first-order valence-electron chi connectivity index (χ1n) is 11.3. The third kappa shape index (κ3) is 6.37. The van der Waals surface area contributed by atoms with Crippen molar-refractivity contribution >= 4 is 27.6 Å². The molecule has 1 N–H and O–H groups in total. The van der Waals surface area contributed by atoms with E-state index in [1.807, 2.05) is 87.5 Å². The van der Waals surface area contributed by atoms with Crippen molar-refractivity contribution in [3.05, 3.63) is 119 Å². The summed E-state index contributed by atoms with van der Waals surface area (Å²) >= 11 is 0. The molecule has 6 heteroatoms. The van der Waals surface area contributed by atoms with Gasteiger partial charge in [0.15, 0.2) is 0 Å². The number of nitrogens with one attached hydrogen (secondary N) is 1. The van der Waals surface area contributed by atoms with Gasteiger partial charge >= 0.3 is 0 Å². The Morgan fingerprint density at radius 2 is 1.51 bits per heavy atom. The first kappa shape index (κ1) is 24.2. The lowest BCUT2D eigenvalue weighted by Gasteiger charge is -2.14. The van der Waals surface area contributed by atoms with Crippen LogP contribution in [0.25, 0.3) is 0 Å². The van der Waals surface area contributed by atoms with E-state index in [2.05, 4.69) is 9.71 Å². The molecule has 0 amide bonds. The second kappa shape index (κ2) is 10.6. The van der Waals surface area contributed by atoms with Crippen molar-refractivity contribution < 1.29 is 13.2 Å². The molecular weight excluding hydrogens is 456 g/mol. The number of hydrogen-bond donors (Lipinski definition) is 1. The molecule has 0 bridgehead atoms. The van der Waals surface area contributed by atoms with Gasteiger partial charge in [0.25, 0.3) is 10.0 Å². The van der Waals surface area contributed by atoms with Gasteiger partial charge in [0, 0.05) is 6.21 Å². The fourth-order valence-corrected chi connectivity index (χ4v) is 5.02. The van der Waals surface area contributed by atoms with E-state index in [-0.39, 0.29) is 4.90 Å². The molecule has 35 heavy (non-hydrogen) atoms. The van der Waals surface area contributed by atoms with E-state index >= 15 is 0 Å². The monoisotopic (exact) mass is 484 g/mol. The van der Waals surface area contributed by atoms with Gasteiger partial charge in [-0.25, -0.2) is 8.42 Å². The largest absolute Gasteiger partial charge is 0.489 e. The Labute approximate surface area is 207 Å². The Hall–Kier alpha value is -3.90. The maximum atomic E-state index is 12.9. The molecular formula is C29H28N2O3S. The number of hydrogen-bond acceptors (Lipinski definition) is 4. The molecule has 0 unspecified atom stereocenters. The van der Waals surface area contributed by atoms with Crippen LogP contribution < -0.4 is 9.46 Å². The predicted molar refractivity (Wildman–Crippen MR) is 142 cm³/mol. The third-order valence-corrected chi connectivity index (χ3v) is 6.90. The average molecular weight is 485 g/mol. The first-order chi connectivity index (χ1) is 16.8. The van der Waals surface area contributed by atoms with Crippen LogP contribution in [0.4, 0.5) is 11.4 Å². The van der Waals surface area contributed by atoms with Crippen LogP contribution in [0, 0.1) is 20.8 Å². The van der Waals surface area contributed by atoms with Crippen LogP contribution in [0.2, 0.25) is 0 Å². The lowest BCUT2D eigenvalue weighted by molar-refractivity contribution is 0.306. The average Bonchev–Trinajstić information content (AvgIpc) is 2.85. The minimum atomic E-state index is -3.71.